The standard InChI is InChI=1S/C15H22N2O5S/c1-10-4-6-12(7-5-10)14(11(2)23(3,21)22)17-15(20)16-9-8-13(18)19/h4-7,11,14H,8-9H2,1-3H3,(H,18,19)(H2,16,17,20). The number of urea groups is 1. The molecule has 1 rings (SSSR count). The number of hydrogen-bond donors (Lipinski definition) is 3. The summed E-state index contributed by atoms with van der Waals surface area (Å²) in [6, 6.07) is 5.86. The van der Waals surface area contributed by atoms with Gasteiger partial charge in [-0.1, -0.05) is 29.8 Å². The number of hydrogen-bond acceptors (Lipinski definition) is 4. The lowest BCUT2D eigenvalue weighted by atomic mass is 10.0. The number of aryl methyl sites for hydroxylation is 1. The van der Waals surface area contributed by atoms with E-state index in [1.807, 2.05) is 19.1 Å². The first kappa shape index (κ1) is 19.0. The second kappa shape index (κ2) is 7.96. The van der Waals surface area contributed by atoms with Crippen molar-refractivity contribution in [1.29, 1.82) is 0 Å². The predicted molar refractivity (Wildman–Crippen MR) is 87.0 cm³/mol. The van der Waals surface area contributed by atoms with Crippen LogP contribution in [0.4, 0.5) is 4.79 Å². The van der Waals surface area contributed by atoms with Gasteiger partial charge in [-0.25, -0.2) is 13.2 Å². The van der Waals surface area contributed by atoms with Gasteiger partial charge in [0.1, 0.15) is 0 Å². The fraction of sp³-hybridized carbons (Fsp3) is 0.467. The van der Waals surface area contributed by atoms with Gasteiger partial charge >= 0.3 is 12.0 Å². The minimum atomic E-state index is -3.38. The Morgan fingerprint density at radius 1 is 1.22 bits per heavy atom. The molecule has 8 heteroatoms. The lowest BCUT2D eigenvalue weighted by Crippen LogP contribution is -2.44. The molecular formula is C15H22N2O5S. The molecule has 0 aromatic heterocycles. The molecule has 2 amide bonds. The topological polar surface area (TPSA) is 113 Å². The lowest BCUT2D eigenvalue weighted by molar-refractivity contribution is -0.136. The summed E-state index contributed by atoms with van der Waals surface area (Å²) in [5.74, 6) is -1.02. The Morgan fingerprint density at radius 3 is 2.26 bits per heavy atom. The van der Waals surface area contributed by atoms with Crippen molar-refractivity contribution >= 4 is 21.8 Å². The van der Waals surface area contributed by atoms with Crippen molar-refractivity contribution in [2.45, 2.75) is 31.6 Å². The van der Waals surface area contributed by atoms with Crippen LogP contribution >= 0.6 is 0 Å². The van der Waals surface area contributed by atoms with Gasteiger partial charge in [-0.2, -0.15) is 0 Å². The van der Waals surface area contributed by atoms with E-state index in [4.69, 9.17) is 5.11 Å². The highest BCUT2D eigenvalue weighted by Gasteiger charge is 2.28. The molecule has 0 spiro atoms. The van der Waals surface area contributed by atoms with E-state index in [0.717, 1.165) is 11.8 Å². The molecular weight excluding hydrogens is 320 g/mol. The lowest BCUT2D eigenvalue weighted by Gasteiger charge is -2.24. The molecule has 0 aliphatic rings. The van der Waals surface area contributed by atoms with Crippen LogP contribution in [0.25, 0.3) is 0 Å². The first-order valence-corrected chi connectivity index (χ1v) is 9.08. The molecule has 1 aromatic rings. The largest absolute Gasteiger partial charge is 0.481 e. The summed E-state index contributed by atoms with van der Waals surface area (Å²) in [5, 5.41) is 12.7. The molecule has 0 saturated carbocycles. The van der Waals surface area contributed by atoms with Gasteiger partial charge in [-0.15, -0.1) is 0 Å². The molecule has 2 atom stereocenters. The van der Waals surface area contributed by atoms with E-state index < -0.39 is 33.1 Å². The highest BCUT2D eigenvalue weighted by atomic mass is 32.2. The molecule has 0 aliphatic carbocycles. The average molecular weight is 342 g/mol. The number of nitrogens with one attached hydrogen (secondary N) is 2. The zero-order valence-electron chi connectivity index (χ0n) is 13.4. The van der Waals surface area contributed by atoms with Crippen LogP contribution in [0.3, 0.4) is 0 Å². The van der Waals surface area contributed by atoms with E-state index in [2.05, 4.69) is 10.6 Å². The minimum absolute atomic E-state index is 0.0327. The monoisotopic (exact) mass is 342 g/mol. The van der Waals surface area contributed by atoms with Gasteiger partial charge < -0.3 is 15.7 Å². The minimum Gasteiger partial charge on any atom is -0.481 e. The summed E-state index contributed by atoms with van der Waals surface area (Å²) >= 11 is 0. The quantitative estimate of drug-likeness (QED) is 0.690. The van der Waals surface area contributed by atoms with Crippen molar-refractivity contribution in [3.05, 3.63) is 35.4 Å². The molecule has 3 N–H and O–H groups in total. The molecule has 0 heterocycles. The first-order valence-electron chi connectivity index (χ1n) is 7.13. The highest BCUT2D eigenvalue weighted by Crippen LogP contribution is 2.22. The van der Waals surface area contributed by atoms with Crippen LogP contribution in [0.1, 0.15) is 30.5 Å². The zero-order chi connectivity index (χ0) is 17.6. The Labute approximate surface area is 136 Å². The van der Waals surface area contributed by atoms with Gasteiger partial charge in [0, 0.05) is 12.8 Å². The maximum atomic E-state index is 11.9. The van der Waals surface area contributed by atoms with E-state index in [-0.39, 0.29) is 13.0 Å². The summed E-state index contributed by atoms with van der Waals surface area (Å²) in [5.41, 5.74) is 1.69. The van der Waals surface area contributed by atoms with Gasteiger partial charge in [0.2, 0.25) is 0 Å². The summed E-state index contributed by atoms with van der Waals surface area (Å²) < 4.78 is 23.7. The fourth-order valence-corrected chi connectivity index (χ4v) is 2.69. The number of carbonyl (C=O) groups is 2. The summed E-state index contributed by atoms with van der Waals surface area (Å²) in [7, 11) is -3.38. The third-order valence-electron chi connectivity index (χ3n) is 3.49. The van der Waals surface area contributed by atoms with Gasteiger partial charge in [0.15, 0.2) is 9.84 Å². The second-order valence-electron chi connectivity index (χ2n) is 5.47. The third-order valence-corrected chi connectivity index (χ3v) is 5.12. The Morgan fingerprint density at radius 2 is 1.78 bits per heavy atom. The first-order chi connectivity index (χ1) is 10.6. The maximum absolute atomic E-state index is 11.9. The molecule has 0 saturated heterocycles. The van der Waals surface area contributed by atoms with E-state index in [1.54, 1.807) is 12.1 Å². The SMILES string of the molecule is Cc1ccc(C(NC(=O)NCCC(=O)O)C(C)S(C)(=O)=O)cc1. The number of rotatable bonds is 7. The van der Waals surface area contributed by atoms with Gasteiger partial charge in [-0.05, 0) is 19.4 Å². The molecule has 7 nitrogen and oxygen atoms in total. The normalized spacial score (nSPS) is 13.9. The Kier molecular flexibility index (Phi) is 6.56. The van der Waals surface area contributed by atoms with Crippen LogP contribution in [0.2, 0.25) is 0 Å². The number of sulfone groups is 1. The average Bonchev–Trinajstić information content (AvgIpc) is 2.43. The van der Waals surface area contributed by atoms with Crippen molar-refractivity contribution in [1.82, 2.24) is 10.6 Å². The number of carbonyl (C=O) groups excluding carboxylic acids is 1. The molecule has 128 valence electrons. The van der Waals surface area contributed by atoms with Gasteiger partial charge in [0.25, 0.3) is 0 Å². The molecule has 2 unspecified atom stereocenters. The second-order valence-corrected chi connectivity index (χ2v) is 7.87. The zero-order valence-corrected chi connectivity index (χ0v) is 14.2. The fourth-order valence-electron chi connectivity index (χ4n) is 1.97. The van der Waals surface area contributed by atoms with E-state index in [1.165, 1.54) is 6.92 Å². The van der Waals surface area contributed by atoms with E-state index in [9.17, 15) is 18.0 Å². The number of carboxylic acids is 1. The summed E-state index contributed by atoms with van der Waals surface area (Å²) in [4.78, 5) is 22.3. The van der Waals surface area contributed by atoms with Gasteiger partial charge in [0.05, 0.1) is 17.7 Å². The molecule has 0 aliphatic heterocycles. The maximum Gasteiger partial charge on any atom is 0.315 e. The molecule has 0 bridgehead atoms. The Bertz CT molecular complexity index is 655. The Balaban J connectivity index is 2.90. The van der Waals surface area contributed by atoms with Gasteiger partial charge in [-0.3, -0.25) is 4.79 Å². The summed E-state index contributed by atoms with van der Waals surface area (Å²) in [6.45, 7) is 3.40. The van der Waals surface area contributed by atoms with Crippen LogP contribution < -0.4 is 10.6 Å². The van der Waals surface area contributed by atoms with Crippen LogP contribution in [0.15, 0.2) is 24.3 Å². The molecule has 1 aromatic carbocycles. The van der Waals surface area contributed by atoms with Crippen molar-refractivity contribution in [3.63, 3.8) is 0 Å². The number of amides is 2. The smallest absolute Gasteiger partial charge is 0.315 e. The van der Waals surface area contributed by atoms with Crippen LogP contribution in [-0.4, -0.2) is 43.6 Å². The van der Waals surface area contributed by atoms with Crippen molar-refractivity contribution in [2.24, 2.45) is 0 Å². The predicted octanol–water partition coefficient (Wildman–Crippen LogP) is 1.24. The number of carboxylic acid groups (broad SMARTS) is 1. The Hall–Kier alpha value is -2.09. The van der Waals surface area contributed by atoms with Crippen LogP contribution in [0.5, 0.6) is 0 Å². The number of aliphatic carboxylic acids is 1. The van der Waals surface area contributed by atoms with Crippen molar-refractivity contribution in [3.8, 4) is 0 Å². The van der Waals surface area contributed by atoms with Crippen molar-refractivity contribution in [2.75, 3.05) is 12.8 Å². The van der Waals surface area contributed by atoms with E-state index >= 15 is 0 Å². The van der Waals surface area contributed by atoms with Crippen LogP contribution in [-0.2, 0) is 14.6 Å². The number of benzene rings is 1. The highest BCUT2D eigenvalue weighted by molar-refractivity contribution is 7.91. The molecule has 0 fully saturated rings. The van der Waals surface area contributed by atoms with Crippen LogP contribution in [0, 0.1) is 6.92 Å². The molecule has 23 heavy (non-hydrogen) atoms. The molecule has 0 radical (unpaired) electrons. The van der Waals surface area contributed by atoms with E-state index in [0.29, 0.717) is 5.56 Å². The summed E-state index contributed by atoms with van der Waals surface area (Å²) in [6.07, 6.45) is 0.910. The third kappa shape index (κ3) is 6.27. The van der Waals surface area contributed by atoms with Crippen molar-refractivity contribution < 1.29 is 23.1 Å².